The van der Waals surface area contributed by atoms with Gasteiger partial charge < -0.3 is 10.1 Å². The van der Waals surface area contributed by atoms with Gasteiger partial charge in [0.25, 0.3) is 5.91 Å². The number of carbonyl (C=O) groups is 2. The van der Waals surface area contributed by atoms with Crippen molar-refractivity contribution >= 4 is 17.5 Å². The summed E-state index contributed by atoms with van der Waals surface area (Å²) in [6.07, 6.45) is 1.68. The molecule has 0 spiro atoms. The van der Waals surface area contributed by atoms with Crippen LogP contribution in [0.5, 0.6) is 5.75 Å². The second-order valence-corrected chi connectivity index (χ2v) is 6.01. The summed E-state index contributed by atoms with van der Waals surface area (Å²) in [5, 5.41) is 2.81. The summed E-state index contributed by atoms with van der Waals surface area (Å²) in [4.78, 5) is 30.7. The molecule has 1 unspecified atom stereocenters. The number of amides is 2. The van der Waals surface area contributed by atoms with E-state index in [0.29, 0.717) is 24.4 Å². The number of benzene rings is 1. The van der Waals surface area contributed by atoms with Gasteiger partial charge in [-0.05, 0) is 43.2 Å². The first-order valence-electron chi connectivity index (χ1n) is 8.33. The van der Waals surface area contributed by atoms with Crippen molar-refractivity contribution in [3.8, 4) is 5.75 Å². The Labute approximate surface area is 146 Å². The van der Waals surface area contributed by atoms with Crippen LogP contribution in [0.1, 0.15) is 24.6 Å². The summed E-state index contributed by atoms with van der Waals surface area (Å²) >= 11 is 0. The molecule has 0 saturated heterocycles. The molecule has 130 valence electrons. The fourth-order valence-electron chi connectivity index (χ4n) is 2.75. The topological polar surface area (TPSA) is 71.5 Å². The molecule has 6 heteroatoms. The average molecular weight is 339 g/mol. The van der Waals surface area contributed by atoms with Gasteiger partial charge in [0, 0.05) is 6.20 Å². The molecule has 1 aromatic heterocycles. The Hall–Kier alpha value is -2.89. The maximum absolute atomic E-state index is 12.6. The number of nitrogens with zero attached hydrogens (tertiary/aromatic N) is 2. The fourth-order valence-corrected chi connectivity index (χ4v) is 2.75. The monoisotopic (exact) mass is 339 g/mol. The maximum atomic E-state index is 12.6. The number of rotatable bonds is 5. The third-order valence-corrected chi connectivity index (χ3v) is 4.08. The summed E-state index contributed by atoms with van der Waals surface area (Å²) in [7, 11) is 0. The van der Waals surface area contributed by atoms with E-state index in [-0.39, 0.29) is 18.4 Å². The van der Waals surface area contributed by atoms with Crippen LogP contribution in [0.2, 0.25) is 0 Å². The van der Waals surface area contributed by atoms with E-state index in [4.69, 9.17) is 4.74 Å². The lowest BCUT2D eigenvalue weighted by Crippen LogP contribution is -2.49. The minimum Gasteiger partial charge on any atom is -0.478 e. The van der Waals surface area contributed by atoms with Gasteiger partial charge in [-0.2, -0.15) is 0 Å². The van der Waals surface area contributed by atoms with Gasteiger partial charge >= 0.3 is 0 Å². The number of hydrogen-bond acceptors (Lipinski definition) is 4. The van der Waals surface area contributed by atoms with Crippen LogP contribution in [-0.4, -0.2) is 29.4 Å². The number of aryl methyl sites for hydroxylation is 1. The molecule has 0 saturated carbocycles. The summed E-state index contributed by atoms with van der Waals surface area (Å²) in [6, 6.07) is 11.2. The highest BCUT2D eigenvalue weighted by molar-refractivity contribution is 6.03. The van der Waals surface area contributed by atoms with Gasteiger partial charge in [0.05, 0.1) is 17.9 Å². The van der Waals surface area contributed by atoms with Crippen molar-refractivity contribution in [1.29, 1.82) is 0 Å². The van der Waals surface area contributed by atoms with E-state index in [1.807, 2.05) is 50.2 Å². The number of anilines is 1. The van der Waals surface area contributed by atoms with Crippen LogP contribution in [0.4, 0.5) is 5.69 Å². The molecule has 1 N–H and O–H groups in total. The Morgan fingerprint density at radius 1 is 1.32 bits per heavy atom. The summed E-state index contributed by atoms with van der Waals surface area (Å²) in [5.74, 6) is 0.214. The molecule has 0 bridgehead atoms. The Balaban J connectivity index is 1.74. The number of nitrogens with one attached hydrogen (secondary N) is 1. The highest BCUT2D eigenvalue weighted by Crippen LogP contribution is 2.35. The van der Waals surface area contributed by atoms with Gasteiger partial charge in [-0.15, -0.1) is 0 Å². The van der Waals surface area contributed by atoms with E-state index in [1.54, 1.807) is 6.20 Å². The largest absolute Gasteiger partial charge is 0.478 e. The van der Waals surface area contributed by atoms with Crippen molar-refractivity contribution < 1.29 is 14.3 Å². The molecule has 2 amide bonds. The van der Waals surface area contributed by atoms with Crippen molar-refractivity contribution in [3.05, 3.63) is 53.9 Å². The lowest BCUT2D eigenvalue weighted by Gasteiger charge is -2.33. The molecule has 1 aliphatic heterocycles. The standard InChI is InChI=1S/C19H21N3O3/c1-3-16-19(24)22(15-10-13(2)7-8-17(15)25-16)12-18(23)21-11-14-6-4-5-9-20-14/h4-10,16H,3,11-12H2,1-2H3,(H,21,23). The van der Waals surface area contributed by atoms with Crippen molar-refractivity contribution in [1.82, 2.24) is 10.3 Å². The molecule has 2 heterocycles. The van der Waals surface area contributed by atoms with E-state index in [2.05, 4.69) is 10.3 Å². The number of carbonyl (C=O) groups excluding carboxylic acids is 2. The lowest BCUT2D eigenvalue weighted by atomic mass is 10.1. The molecule has 0 fully saturated rings. The first-order valence-corrected chi connectivity index (χ1v) is 8.33. The van der Waals surface area contributed by atoms with E-state index >= 15 is 0 Å². The predicted octanol–water partition coefficient (Wildman–Crippen LogP) is 2.21. The molecular weight excluding hydrogens is 318 g/mol. The SMILES string of the molecule is CCC1Oc2ccc(C)cc2N(CC(=O)NCc2ccccn2)C1=O. The molecular formula is C19H21N3O3. The molecule has 6 nitrogen and oxygen atoms in total. The lowest BCUT2D eigenvalue weighted by molar-refractivity contribution is -0.129. The Morgan fingerprint density at radius 3 is 2.88 bits per heavy atom. The Morgan fingerprint density at radius 2 is 2.16 bits per heavy atom. The zero-order valence-electron chi connectivity index (χ0n) is 14.4. The smallest absolute Gasteiger partial charge is 0.268 e. The Kier molecular flexibility index (Phi) is 4.97. The predicted molar refractivity (Wildman–Crippen MR) is 94.3 cm³/mol. The van der Waals surface area contributed by atoms with E-state index in [0.717, 1.165) is 11.3 Å². The second-order valence-electron chi connectivity index (χ2n) is 6.01. The zero-order chi connectivity index (χ0) is 17.8. The van der Waals surface area contributed by atoms with Gasteiger partial charge in [0.1, 0.15) is 12.3 Å². The normalized spacial score (nSPS) is 16.2. The maximum Gasteiger partial charge on any atom is 0.268 e. The molecule has 1 aromatic carbocycles. The molecule has 1 atom stereocenters. The van der Waals surface area contributed by atoms with Crippen molar-refractivity contribution in [3.63, 3.8) is 0 Å². The number of pyridine rings is 1. The van der Waals surface area contributed by atoms with Crippen LogP contribution in [0, 0.1) is 6.92 Å². The van der Waals surface area contributed by atoms with Crippen molar-refractivity contribution in [2.75, 3.05) is 11.4 Å². The zero-order valence-corrected chi connectivity index (χ0v) is 14.4. The molecule has 2 aromatic rings. The summed E-state index contributed by atoms with van der Waals surface area (Å²) in [6.45, 7) is 4.12. The van der Waals surface area contributed by atoms with Gasteiger partial charge in [0.2, 0.25) is 5.91 Å². The molecule has 3 rings (SSSR count). The minimum atomic E-state index is -0.557. The van der Waals surface area contributed by atoms with Gasteiger partial charge in [0.15, 0.2) is 6.10 Å². The van der Waals surface area contributed by atoms with Crippen molar-refractivity contribution in [2.24, 2.45) is 0 Å². The first kappa shape index (κ1) is 17.0. The van der Waals surface area contributed by atoms with Crippen LogP contribution in [-0.2, 0) is 16.1 Å². The fraction of sp³-hybridized carbons (Fsp3) is 0.316. The van der Waals surface area contributed by atoms with Crippen LogP contribution in [0.3, 0.4) is 0 Å². The number of fused-ring (bicyclic) bond motifs is 1. The molecule has 25 heavy (non-hydrogen) atoms. The third kappa shape index (κ3) is 3.79. The number of aromatic nitrogens is 1. The first-order chi connectivity index (χ1) is 12.1. The van der Waals surface area contributed by atoms with Crippen LogP contribution >= 0.6 is 0 Å². The average Bonchev–Trinajstić information content (AvgIpc) is 2.63. The van der Waals surface area contributed by atoms with Gasteiger partial charge in [-0.1, -0.05) is 19.1 Å². The van der Waals surface area contributed by atoms with Gasteiger partial charge in [-0.25, -0.2) is 0 Å². The highest BCUT2D eigenvalue weighted by atomic mass is 16.5. The van der Waals surface area contributed by atoms with Gasteiger partial charge in [-0.3, -0.25) is 19.5 Å². The van der Waals surface area contributed by atoms with Crippen LogP contribution in [0.15, 0.2) is 42.6 Å². The summed E-state index contributed by atoms with van der Waals surface area (Å²) < 4.78 is 5.76. The summed E-state index contributed by atoms with van der Waals surface area (Å²) in [5.41, 5.74) is 2.42. The van der Waals surface area contributed by atoms with Crippen molar-refractivity contribution in [2.45, 2.75) is 32.9 Å². The van der Waals surface area contributed by atoms with E-state index in [9.17, 15) is 9.59 Å². The van der Waals surface area contributed by atoms with Crippen LogP contribution < -0.4 is 15.0 Å². The molecule has 0 radical (unpaired) electrons. The molecule has 1 aliphatic rings. The highest BCUT2D eigenvalue weighted by Gasteiger charge is 2.34. The van der Waals surface area contributed by atoms with E-state index < -0.39 is 6.10 Å². The number of hydrogen-bond donors (Lipinski definition) is 1. The van der Waals surface area contributed by atoms with Crippen LogP contribution in [0.25, 0.3) is 0 Å². The van der Waals surface area contributed by atoms with E-state index in [1.165, 1.54) is 4.90 Å². The number of ether oxygens (including phenoxy) is 1. The second kappa shape index (κ2) is 7.34. The minimum absolute atomic E-state index is 0.0397. The third-order valence-electron chi connectivity index (χ3n) is 4.08. The molecule has 0 aliphatic carbocycles. The quantitative estimate of drug-likeness (QED) is 0.907. The Bertz CT molecular complexity index is 777.